The van der Waals surface area contributed by atoms with Crippen LogP contribution in [0.15, 0.2) is 30.5 Å². The van der Waals surface area contributed by atoms with Gasteiger partial charge in [-0.15, -0.1) is 0 Å². The van der Waals surface area contributed by atoms with Crippen molar-refractivity contribution in [3.05, 3.63) is 46.7 Å². The largest absolute Gasteiger partial charge is 0.389 e. The van der Waals surface area contributed by atoms with Gasteiger partial charge in [0.2, 0.25) is 0 Å². The lowest BCUT2D eigenvalue weighted by Crippen LogP contribution is -2.34. The van der Waals surface area contributed by atoms with Crippen LogP contribution in [0.2, 0.25) is 5.02 Å². The molecule has 0 saturated carbocycles. The molecule has 22 heavy (non-hydrogen) atoms. The second-order valence-electron chi connectivity index (χ2n) is 4.87. The fraction of sp³-hybridized carbons (Fsp3) is 0.333. The van der Waals surface area contributed by atoms with E-state index in [0.717, 1.165) is 5.69 Å². The van der Waals surface area contributed by atoms with Gasteiger partial charge in [0.25, 0.3) is 5.91 Å². The first kappa shape index (κ1) is 16.5. The molecule has 0 bridgehead atoms. The Kier molecular flexibility index (Phi) is 5.54. The lowest BCUT2D eigenvalue weighted by Gasteiger charge is -2.10. The number of hydrogen-bond acceptors (Lipinski definition) is 4. The van der Waals surface area contributed by atoms with Crippen molar-refractivity contribution in [2.45, 2.75) is 13.0 Å². The molecule has 0 aliphatic heterocycles. The fourth-order valence-corrected chi connectivity index (χ4v) is 2.09. The quantitative estimate of drug-likeness (QED) is 0.846. The number of halogens is 1. The monoisotopic (exact) mass is 323 g/mol. The summed E-state index contributed by atoms with van der Waals surface area (Å²) < 4.78 is 6.43. The molecule has 1 amide bonds. The molecule has 0 radical (unpaired) electrons. The number of methoxy groups -OCH3 is 1. The third-order valence-corrected chi connectivity index (χ3v) is 3.34. The van der Waals surface area contributed by atoms with Crippen LogP contribution >= 0.6 is 11.6 Å². The minimum Gasteiger partial charge on any atom is -0.389 e. The number of amides is 1. The molecule has 6 nitrogen and oxygen atoms in total. The van der Waals surface area contributed by atoms with Crippen molar-refractivity contribution in [3.63, 3.8) is 0 Å². The van der Waals surface area contributed by atoms with Gasteiger partial charge in [-0.1, -0.05) is 11.6 Å². The lowest BCUT2D eigenvalue weighted by molar-refractivity contribution is 0.0609. The van der Waals surface area contributed by atoms with Crippen LogP contribution in [-0.4, -0.2) is 47.2 Å². The Morgan fingerprint density at radius 1 is 1.45 bits per heavy atom. The average Bonchev–Trinajstić information content (AvgIpc) is 2.88. The Labute approximate surface area is 133 Å². The van der Waals surface area contributed by atoms with Gasteiger partial charge in [0, 0.05) is 24.9 Å². The van der Waals surface area contributed by atoms with Crippen molar-refractivity contribution in [2.24, 2.45) is 0 Å². The van der Waals surface area contributed by atoms with Crippen molar-refractivity contribution >= 4 is 17.5 Å². The smallest absolute Gasteiger partial charge is 0.254 e. The van der Waals surface area contributed by atoms with Crippen LogP contribution in [-0.2, 0) is 4.74 Å². The summed E-state index contributed by atoms with van der Waals surface area (Å²) in [5.74, 6) is -0.284. The zero-order chi connectivity index (χ0) is 16.1. The first-order chi connectivity index (χ1) is 10.5. The molecule has 2 aromatic rings. The summed E-state index contributed by atoms with van der Waals surface area (Å²) in [4.78, 5) is 12.1. The molecule has 1 aromatic carbocycles. The lowest BCUT2D eigenvalue weighted by atomic mass is 10.2. The third kappa shape index (κ3) is 4.07. The van der Waals surface area contributed by atoms with Gasteiger partial charge in [-0.05, 0) is 31.2 Å². The molecule has 0 fully saturated rings. The summed E-state index contributed by atoms with van der Waals surface area (Å²) in [6.45, 7) is 2.05. The normalized spacial score (nSPS) is 12.2. The van der Waals surface area contributed by atoms with Gasteiger partial charge in [-0.2, -0.15) is 5.10 Å². The standard InChI is InChI=1S/C15H18ClN3O3/c1-10-14(15(21)17-7-13(20)9-22-2)8-19(18-10)12-5-3-11(16)4-6-12/h3-6,8,13,20H,7,9H2,1-2H3,(H,17,21). The number of rotatable bonds is 6. The van der Waals surface area contributed by atoms with E-state index in [9.17, 15) is 9.90 Å². The van der Waals surface area contributed by atoms with Crippen molar-refractivity contribution in [2.75, 3.05) is 20.3 Å². The van der Waals surface area contributed by atoms with Gasteiger partial charge >= 0.3 is 0 Å². The molecule has 7 heteroatoms. The summed E-state index contributed by atoms with van der Waals surface area (Å²) in [5.41, 5.74) is 1.87. The molecule has 1 aromatic heterocycles. The molecule has 2 rings (SSSR count). The highest BCUT2D eigenvalue weighted by molar-refractivity contribution is 6.30. The van der Waals surface area contributed by atoms with Gasteiger partial charge in [0.15, 0.2) is 0 Å². The number of carbonyl (C=O) groups is 1. The van der Waals surface area contributed by atoms with Crippen molar-refractivity contribution < 1.29 is 14.6 Å². The van der Waals surface area contributed by atoms with E-state index in [1.165, 1.54) is 7.11 Å². The number of ether oxygens (including phenoxy) is 1. The number of aliphatic hydroxyl groups is 1. The van der Waals surface area contributed by atoms with E-state index in [1.54, 1.807) is 29.9 Å². The van der Waals surface area contributed by atoms with Gasteiger partial charge in [0.05, 0.1) is 29.7 Å². The summed E-state index contributed by atoms with van der Waals surface area (Å²) in [6.07, 6.45) is 0.914. The molecular weight excluding hydrogens is 306 g/mol. The number of nitrogens with zero attached hydrogens (tertiary/aromatic N) is 2. The summed E-state index contributed by atoms with van der Waals surface area (Å²) in [5, 5.41) is 17.2. The van der Waals surface area contributed by atoms with E-state index in [0.29, 0.717) is 16.3 Å². The first-order valence-corrected chi connectivity index (χ1v) is 7.16. The molecule has 1 atom stereocenters. The van der Waals surface area contributed by atoms with Gasteiger partial charge in [-0.25, -0.2) is 4.68 Å². The summed E-state index contributed by atoms with van der Waals surface area (Å²) in [7, 11) is 1.49. The second kappa shape index (κ2) is 7.40. The average molecular weight is 324 g/mol. The number of benzene rings is 1. The number of aliphatic hydroxyl groups excluding tert-OH is 1. The van der Waals surface area contributed by atoms with Gasteiger partial charge in [0.1, 0.15) is 0 Å². The highest BCUT2D eigenvalue weighted by atomic mass is 35.5. The highest BCUT2D eigenvalue weighted by Gasteiger charge is 2.15. The van der Waals surface area contributed by atoms with Crippen LogP contribution < -0.4 is 5.32 Å². The minimum atomic E-state index is -0.736. The van der Waals surface area contributed by atoms with E-state index in [4.69, 9.17) is 16.3 Å². The topological polar surface area (TPSA) is 76.4 Å². The Hall–Kier alpha value is -1.89. The van der Waals surface area contributed by atoms with Crippen LogP contribution in [0.3, 0.4) is 0 Å². The zero-order valence-corrected chi connectivity index (χ0v) is 13.2. The Morgan fingerprint density at radius 3 is 2.77 bits per heavy atom. The van der Waals surface area contributed by atoms with Crippen molar-refractivity contribution in [1.29, 1.82) is 0 Å². The Balaban J connectivity index is 2.09. The number of aromatic nitrogens is 2. The Bertz CT molecular complexity index is 640. The molecule has 2 N–H and O–H groups in total. The van der Waals surface area contributed by atoms with E-state index < -0.39 is 6.10 Å². The van der Waals surface area contributed by atoms with Crippen LogP contribution in [0.5, 0.6) is 0 Å². The number of nitrogens with one attached hydrogen (secondary N) is 1. The van der Waals surface area contributed by atoms with E-state index in [2.05, 4.69) is 10.4 Å². The molecule has 0 aliphatic carbocycles. The van der Waals surface area contributed by atoms with E-state index >= 15 is 0 Å². The summed E-state index contributed by atoms with van der Waals surface area (Å²) >= 11 is 5.85. The predicted molar refractivity (Wildman–Crippen MR) is 83.5 cm³/mol. The number of aryl methyl sites for hydroxylation is 1. The minimum absolute atomic E-state index is 0.123. The van der Waals surface area contributed by atoms with Crippen LogP contribution in [0, 0.1) is 6.92 Å². The molecule has 0 saturated heterocycles. The number of hydrogen-bond donors (Lipinski definition) is 2. The van der Waals surface area contributed by atoms with E-state index in [1.807, 2.05) is 12.1 Å². The fourth-order valence-electron chi connectivity index (χ4n) is 1.97. The zero-order valence-electron chi connectivity index (χ0n) is 12.4. The summed E-state index contributed by atoms with van der Waals surface area (Å²) in [6, 6.07) is 7.15. The molecular formula is C15H18ClN3O3. The van der Waals surface area contributed by atoms with Crippen molar-refractivity contribution in [3.8, 4) is 5.69 Å². The van der Waals surface area contributed by atoms with Crippen molar-refractivity contribution in [1.82, 2.24) is 15.1 Å². The SMILES string of the molecule is COCC(O)CNC(=O)c1cn(-c2ccc(Cl)cc2)nc1C. The Morgan fingerprint density at radius 2 is 2.14 bits per heavy atom. The molecule has 1 unspecified atom stereocenters. The van der Waals surface area contributed by atoms with Gasteiger partial charge < -0.3 is 15.2 Å². The molecule has 118 valence electrons. The third-order valence-electron chi connectivity index (χ3n) is 3.09. The molecule has 1 heterocycles. The maximum absolute atomic E-state index is 12.1. The predicted octanol–water partition coefficient (Wildman–Crippen LogP) is 1.57. The second-order valence-corrected chi connectivity index (χ2v) is 5.30. The maximum Gasteiger partial charge on any atom is 0.254 e. The van der Waals surface area contributed by atoms with Crippen LogP contribution in [0.1, 0.15) is 16.1 Å². The molecule has 0 aliphatic rings. The highest BCUT2D eigenvalue weighted by Crippen LogP contribution is 2.15. The first-order valence-electron chi connectivity index (χ1n) is 6.78. The van der Waals surface area contributed by atoms with Crippen LogP contribution in [0.4, 0.5) is 0 Å². The molecule has 0 spiro atoms. The van der Waals surface area contributed by atoms with Crippen LogP contribution in [0.25, 0.3) is 5.69 Å². The number of carbonyl (C=O) groups excluding carboxylic acids is 1. The maximum atomic E-state index is 12.1. The van der Waals surface area contributed by atoms with Gasteiger partial charge in [-0.3, -0.25) is 4.79 Å². The van der Waals surface area contributed by atoms with E-state index in [-0.39, 0.29) is 19.1 Å².